The number of hydrogen-bond donors (Lipinski definition) is 0. The second-order valence-electron chi connectivity index (χ2n) is 16.0. The van der Waals surface area contributed by atoms with Crippen LogP contribution in [0.5, 0.6) is 0 Å². The Hall–Kier alpha value is -8.14. The van der Waals surface area contributed by atoms with Gasteiger partial charge in [0.25, 0.3) is 0 Å². The summed E-state index contributed by atoms with van der Waals surface area (Å²) < 4.78 is 6.53. The molecule has 0 fully saturated rings. The Morgan fingerprint density at radius 1 is 0.339 bits per heavy atom. The van der Waals surface area contributed by atoms with E-state index in [1.807, 2.05) is 30.3 Å². The Labute approximate surface area is 360 Å². The highest BCUT2D eigenvalue weighted by molar-refractivity contribution is 6.10. The van der Waals surface area contributed by atoms with Gasteiger partial charge in [-0.25, -0.2) is 9.97 Å². The van der Waals surface area contributed by atoms with Gasteiger partial charge in [-0.05, 0) is 62.2 Å². The largest absolute Gasteiger partial charge is 0.455 e. The minimum absolute atomic E-state index is 0.457. The van der Waals surface area contributed by atoms with Crippen molar-refractivity contribution in [3.63, 3.8) is 0 Å². The number of hydrogen-bond acceptors (Lipinski definition) is 3. The van der Waals surface area contributed by atoms with E-state index < -0.39 is 5.41 Å². The van der Waals surface area contributed by atoms with Crippen molar-refractivity contribution in [2.24, 2.45) is 0 Å². The first-order valence-electron chi connectivity index (χ1n) is 21.2. The average molecular weight is 791 g/mol. The first kappa shape index (κ1) is 35.8. The van der Waals surface area contributed by atoms with Crippen LogP contribution < -0.4 is 0 Å². The molecule has 0 radical (unpaired) electrons. The maximum Gasteiger partial charge on any atom is 0.160 e. The van der Waals surface area contributed by atoms with Gasteiger partial charge in [0, 0.05) is 33.0 Å². The van der Waals surface area contributed by atoms with Crippen LogP contribution in [-0.2, 0) is 5.41 Å². The zero-order chi connectivity index (χ0) is 41.0. The molecule has 0 spiro atoms. The second-order valence-corrected chi connectivity index (χ2v) is 16.0. The van der Waals surface area contributed by atoms with Crippen molar-refractivity contribution >= 4 is 21.9 Å². The van der Waals surface area contributed by atoms with E-state index in [0.717, 1.165) is 66.7 Å². The summed E-state index contributed by atoms with van der Waals surface area (Å²) in [6, 6.07) is 82.1. The molecule has 2 heterocycles. The van der Waals surface area contributed by atoms with Crippen LogP contribution in [0.1, 0.15) is 22.3 Å². The first-order valence-corrected chi connectivity index (χ1v) is 21.2. The number of nitrogens with zero attached hydrogens (tertiary/aromatic N) is 2. The number of aromatic nitrogens is 2. The van der Waals surface area contributed by atoms with Gasteiger partial charge in [0.2, 0.25) is 0 Å². The molecule has 0 N–H and O–H groups in total. The molecule has 9 aromatic carbocycles. The van der Waals surface area contributed by atoms with E-state index >= 15 is 0 Å². The third-order valence-corrected chi connectivity index (χ3v) is 12.6. The molecule has 0 aliphatic heterocycles. The van der Waals surface area contributed by atoms with Crippen LogP contribution in [0.3, 0.4) is 0 Å². The molecule has 0 saturated carbocycles. The maximum absolute atomic E-state index is 6.53. The summed E-state index contributed by atoms with van der Waals surface area (Å²) in [6.45, 7) is 0. The predicted molar refractivity (Wildman–Crippen MR) is 254 cm³/mol. The second kappa shape index (κ2) is 14.5. The lowest BCUT2D eigenvalue weighted by molar-refractivity contribution is 0.670. The van der Waals surface area contributed by atoms with Gasteiger partial charge in [-0.3, -0.25) is 0 Å². The average Bonchev–Trinajstić information content (AvgIpc) is 3.89. The van der Waals surface area contributed by atoms with E-state index in [0.29, 0.717) is 5.82 Å². The molecule has 3 heteroatoms. The number of para-hydroxylation sites is 2. The van der Waals surface area contributed by atoms with Gasteiger partial charge in [0.05, 0.1) is 16.8 Å². The van der Waals surface area contributed by atoms with Crippen molar-refractivity contribution in [2.45, 2.75) is 5.41 Å². The van der Waals surface area contributed by atoms with Crippen molar-refractivity contribution in [3.8, 4) is 67.3 Å². The lowest BCUT2D eigenvalue weighted by atomic mass is 9.67. The quantitative estimate of drug-likeness (QED) is 0.161. The van der Waals surface area contributed by atoms with E-state index in [1.54, 1.807) is 0 Å². The Morgan fingerprint density at radius 2 is 0.871 bits per heavy atom. The van der Waals surface area contributed by atoms with Crippen molar-refractivity contribution in [1.29, 1.82) is 0 Å². The van der Waals surface area contributed by atoms with Crippen LogP contribution in [0, 0.1) is 0 Å². The van der Waals surface area contributed by atoms with Crippen LogP contribution >= 0.6 is 0 Å². The molecule has 11 aromatic rings. The van der Waals surface area contributed by atoms with Crippen molar-refractivity contribution < 1.29 is 4.42 Å². The van der Waals surface area contributed by atoms with Crippen molar-refractivity contribution in [2.75, 3.05) is 0 Å². The minimum atomic E-state index is -0.457. The van der Waals surface area contributed by atoms with Gasteiger partial charge < -0.3 is 4.42 Å². The van der Waals surface area contributed by atoms with E-state index in [2.05, 4.69) is 200 Å². The normalized spacial score (nSPS) is 12.6. The molecule has 290 valence electrons. The lowest BCUT2D eigenvalue weighted by Gasteiger charge is -2.34. The van der Waals surface area contributed by atoms with E-state index in [1.165, 1.54) is 38.9 Å². The molecule has 12 rings (SSSR count). The van der Waals surface area contributed by atoms with Crippen LogP contribution in [0.4, 0.5) is 0 Å². The lowest BCUT2D eigenvalue weighted by Crippen LogP contribution is -2.28. The molecule has 0 bridgehead atoms. The standard InChI is InChI=1S/C59H38N2O/c1-4-18-41(19-5-1)58-60-53(38-54(61-58)46-25-11-10-24-45(46)48-29-16-30-49-47-26-13-15-33-55(47)62-57(48)49)40-36-34-39(35-37-40)44-28-17-32-52-56(44)50-27-12-14-31-51(50)59(52,42-20-6-2-7-21-42)43-22-8-3-9-23-43/h1-38H. The molecule has 62 heavy (non-hydrogen) atoms. The fraction of sp³-hybridized carbons (Fsp3) is 0.0169. The summed E-state index contributed by atoms with van der Waals surface area (Å²) in [5, 5.41) is 2.21. The maximum atomic E-state index is 6.53. The summed E-state index contributed by atoms with van der Waals surface area (Å²) in [4.78, 5) is 10.5. The molecule has 1 aliphatic carbocycles. The molecular weight excluding hydrogens is 753 g/mol. The third-order valence-electron chi connectivity index (χ3n) is 12.6. The van der Waals surface area contributed by atoms with E-state index in [9.17, 15) is 0 Å². The third kappa shape index (κ3) is 5.59. The summed E-state index contributed by atoms with van der Waals surface area (Å²) in [5.74, 6) is 0.676. The Morgan fingerprint density at radius 3 is 1.63 bits per heavy atom. The molecule has 2 aromatic heterocycles. The molecule has 3 nitrogen and oxygen atoms in total. The van der Waals surface area contributed by atoms with Gasteiger partial charge in [-0.2, -0.15) is 0 Å². The SMILES string of the molecule is c1ccc(-c2nc(-c3ccc(-c4cccc5c4-c4ccccc4C5(c4ccccc4)c4ccccc4)cc3)cc(-c3ccccc3-c3cccc4c3oc3ccccc34)n2)cc1. The number of rotatable bonds is 7. The highest BCUT2D eigenvalue weighted by Gasteiger charge is 2.46. The van der Waals surface area contributed by atoms with Crippen molar-refractivity contribution in [3.05, 3.63) is 253 Å². The fourth-order valence-electron chi connectivity index (χ4n) is 9.90. The molecule has 0 unspecified atom stereocenters. The highest BCUT2D eigenvalue weighted by Crippen LogP contribution is 2.58. The van der Waals surface area contributed by atoms with Gasteiger partial charge in [0.1, 0.15) is 11.2 Å². The molecule has 1 aliphatic rings. The van der Waals surface area contributed by atoms with E-state index in [-0.39, 0.29) is 0 Å². The molecule has 0 amide bonds. The van der Waals surface area contributed by atoms with Gasteiger partial charge in [0.15, 0.2) is 5.82 Å². The number of fused-ring (bicyclic) bond motifs is 6. The topological polar surface area (TPSA) is 38.9 Å². The predicted octanol–water partition coefficient (Wildman–Crippen LogP) is 15.1. The van der Waals surface area contributed by atoms with Gasteiger partial charge in [-0.1, -0.05) is 218 Å². The highest BCUT2D eigenvalue weighted by atomic mass is 16.3. The monoisotopic (exact) mass is 790 g/mol. The molecule has 0 saturated heterocycles. The molecule has 0 atom stereocenters. The number of benzene rings is 9. The summed E-state index contributed by atoms with van der Waals surface area (Å²) in [6.07, 6.45) is 0. The Bertz CT molecular complexity index is 3400. The summed E-state index contributed by atoms with van der Waals surface area (Å²) in [7, 11) is 0. The van der Waals surface area contributed by atoms with Crippen LogP contribution in [0.15, 0.2) is 235 Å². The first-order chi connectivity index (χ1) is 30.8. The molecular formula is C59H38N2O. The zero-order valence-electron chi connectivity index (χ0n) is 33.7. The van der Waals surface area contributed by atoms with E-state index in [4.69, 9.17) is 14.4 Å². The van der Waals surface area contributed by atoms with Crippen LogP contribution in [0.25, 0.3) is 89.2 Å². The van der Waals surface area contributed by atoms with Crippen LogP contribution in [0.2, 0.25) is 0 Å². The zero-order valence-corrected chi connectivity index (χ0v) is 33.7. The van der Waals surface area contributed by atoms with Crippen LogP contribution in [-0.4, -0.2) is 9.97 Å². The van der Waals surface area contributed by atoms with Gasteiger partial charge >= 0.3 is 0 Å². The fourth-order valence-corrected chi connectivity index (χ4v) is 9.90. The summed E-state index contributed by atoms with van der Waals surface area (Å²) >= 11 is 0. The van der Waals surface area contributed by atoms with Crippen molar-refractivity contribution in [1.82, 2.24) is 9.97 Å². The summed E-state index contributed by atoms with van der Waals surface area (Å²) in [5.41, 5.74) is 18.1. The smallest absolute Gasteiger partial charge is 0.160 e. The Kier molecular flexibility index (Phi) is 8.39. The Balaban J connectivity index is 1.00. The van der Waals surface area contributed by atoms with Gasteiger partial charge in [-0.15, -0.1) is 0 Å². The minimum Gasteiger partial charge on any atom is -0.455 e. The number of furan rings is 1.